The van der Waals surface area contributed by atoms with Crippen molar-refractivity contribution in [2.45, 2.75) is 19.2 Å². The van der Waals surface area contributed by atoms with Gasteiger partial charge in [0.1, 0.15) is 0 Å². The molecule has 15 heavy (non-hydrogen) atoms. The molecule has 1 fully saturated rings. The molecule has 1 saturated heterocycles. The first-order valence-electron chi connectivity index (χ1n) is 5.07. The molecule has 0 aromatic heterocycles. The van der Waals surface area contributed by atoms with E-state index in [1.165, 1.54) is 0 Å². The summed E-state index contributed by atoms with van der Waals surface area (Å²) in [5, 5.41) is 2.92. The zero-order valence-electron chi connectivity index (χ0n) is 8.48. The van der Waals surface area contributed by atoms with E-state index in [2.05, 4.69) is 10.1 Å². The van der Waals surface area contributed by atoms with E-state index in [0.29, 0.717) is 19.1 Å². The van der Waals surface area contributed by atoms with Crippen LogP contribution in [0.5, 0.6) is 0 Å². The van der Waals surface area contributed by atoms with Crippen molar-refractivity contribution < 1.29 is 22.6 Å². The molecule has 1 N–H and O–H groups in total. The molecule has 1 atom stereocenters. The van der Waals surface area contributed by atoms with Gasteiger partial charge in [0.15, 0.2) is 0 Å². The Morgan fingerprint density at radius 3 is 2.80 bits per heavy atom. The Bertz CT molecular complexity index is 169. The minimum atomic E-state index is -4.52. The standard InChI is InChI=1S/C9H16F3NO2/c10-9(11,12)15-5-3-13-6-8-2-1-4-14-7-8/h8,13H,1-7H2. The van der Waals surface area contributed by atoms with Gasteiger partial charge in [0, 0.05) is 19.7 Å². The molecule has 0 bridgehead atoms. The molecule has 0 spiro atoms. The van der Waals surface area contributed by atoms with Crippen LogP contribution in [0, 0.1) is 5.92 Å². The van der Waals surface area contributed by atoms with Gasteiger partial charge in [-0.2, -0.15) is 0 Å². The van der Waals surface area contributed by atoms with E-state index in [9.17, 15) is 13.2 Å². The molecule has 0 amide bonds. The fraction of sp³-hybridized carbons (Fsp3) is 1.00. The summed E-state index contributed by atoms with van der Waals surface area (Å²) < 4.78 is 43.6. The van der Waals surface area contributed by atoms with Gasteiger partial charge in [-0.15, -0.1) is 13.2 Å². The highest BCUT2D eigenvalue weighted by Crippen LogP contribution is 2.15. The Hall–Kier alpha value is -0.330. The van der Waals surface area contributed by atoms with Gasteiger partial charge >= 0.3 is 6.36 Å². The number of rotatable bonds is 5. The van der Waals surface area contributed by atoms with Crippen molar-refractivity contribution in [2.75, 3.05) is 32.9 Å². The summed E-state index contributed by atoms with van der Waals surface area (Å²) in [5.74, 6) is 0.421. The smallest absolute Gasteiger partial charge is 0.381 e. The predicted molar refractivity (Wildman–Crippen MR) is 48.4 cm³/mol. The quantitative estimate of drug-likeness (QED) is 0.723. The van der Waals surface area contributed by atoms with Crippen LogP contribution in [0.4, 0.5) is 13.2 Å². The van der Waals surface area contributed by atoms with E-state index in [-0.39, 0.29) is 13.2 Å². The zero-order chi connectivity index (χ0) is 11.1. The lowest BCUT2D eigenvalue weighted by molar-refractivity contribution is -0.323. The number of ether oxygens (including phenoxy) is 2. The first-order chi connectivity index (χ1) is 7.08. The van der Waals surface area contributed by atoms with Crippen molar-refractivity contribution in [3.05, 3.63) is 0 Å². The fourth-order valence-electron chi connectivity index (χ4n) is 1.51. The summed E-state index contributed by atoms with van der Waals surface area (Å²) >= 11 is 0. The Balaban J connectivity index is 1.92. The van der Waals surface area contributed by atoms with Gasteiger partial charge in [-0.25, -0.2) is 0 Å². The Labute approximate surface area is 86.9 Å². The molecule has 3 nitrogen and oxygen atoms in total. The Morgan fingerprint density at radius 2 is 2.20 bits per heavy atom. The van der Waals surface area contributed by atoms with Crippen LogP contribution in [-0.4, -0.2) is 39.3 Å². The summed E-state index contributed by atoms with van der Waals surface area (Å²) in [6.07, 6.45) is -2.41. The molecule has 0 aromatic carbocycles. The van der Waals surface area contributed by atoms with E-state index in [1.54, 1.807) is 0 Å². The Kier molecular flexibility index (Phi) is 5.35. The van der Waals surface area contributed by atoms with Crippen LogP contribution in [0.15, 0.2) is 0 Å². The van der Waals surface area contributed by atoms with Crippen LogP contribution in [-0.2, 0) is 9.47 Å². The van der Waals surface area contributed by atoms with Crippen molar-refractivity contribution in [3.63, 3.8) is 0 Å². The molecule has 1 rings (SSSR count). The Morgan fingerprint density at radius 1 is 1.40 bits per heavy atom. The third kappa shape index (κ3) is 6.70. The van der Waals surface area contributed by atoms with Gasteiger partial charge in [0.25, 0.3) is 0 Å². The van der Waals surface area contributed by atoms with Gasteiger partial charge in [-0.3, -0.25) is 4.74 Å². The van der Waals surface area contributed by atoms with Gasteiger partial charge in [0.05, 0.1) is 13.2 Å². The van der Waals surface area contributed by atoms with E-state index >= 15 is 0 Å². The minimum absolute atomic E-state index is 0.218. The van der Waals surface area contributed by atoms with Gasteiger partial charge in [-0.1, -0.05) is 0 Å². The summed E-state index contributed by atoms with van der Waals surface area (Å²) in [5.41, 5.74) is 0. The molecule has 6 heteroatoms. The third-order valence-electron chi connectivity index (χ3n) is 2.23. The van der Waals surface area contributed by atoms with Crippen LogP contribution in [0.2, 0.25) is 0 Å². The average Bonchev–Trinajstić information content (AvgIpc) is 2.17. The van der Waals surface area contributed by atoms with Gasteiger partial charge < -0.3 is 10.1 Å². The maximum Gasteiger partial charge on any atom is 0.522 e. The summed E-state index contributed by atoms with van der Waals surface area (Å²) in [4.78, 5) is 0. The average molecular weight is 227 g/mol. The lowest BCUT2D eigenvalue weighted by Gasteiger charge is -2.22. The van der Waals surface area contributed by atoms with E-state index in [0.717, 1.165) is 19.4 Å². The van der Waals surface area contributed by atoms with Crippen molar-refractivity contribution in [1.29, 1.82) is 0 Å². The monoisotopic (exact) mass is 227 g/mol. The lowest BCUT2D eigenvalue weighted by Crippen LogP contribution is -2.32. The summed E-state index contributed by atoms with van der Waals surface area (Å²) in [6.45, 7) is 2.08. The van der Waals surface area contributed by atoms with Crippen molar-refractivity contribution in [2.24, 2.45) is 5.92 Å². The van der Waals surface area contributed by atoms with Crippen LogP contribution in [0.25, 0.3) is 0 Å². The van der Waals surface area contributed by atoms with Crippen LogP contribution in [0.3, 0.4) is 0 Å². The van der Waals surface area contributed by atoms with Gasteiger partial charge in [-0.05, 0) is 18.8 Å². The number of hydrogen-bond donors (Lipinski definition) is 1. The molecule has 0 aromatic rings. The summed E-state index contributed by atoms with van der Waals surface area (Å²) in [6, 6.07) is 0. The highest BCUT2D eigenvalue weighted by Gasteiger charge is 2.28. The highest BCUT2D eigenvalue weighted by molar-refractivity contribution is 4.65. The highest BCUT2D eigenvalue weighted by atomic mass is 19.4. The maximum absolute atomic E-state index is 11.6. The van der Waals surface area contributed by atoms with Crippen molar-refractivity contribution >= 4 is 0 Å². The number of nitrogens with one attached hydrogen (secondary N) is 1. The fourth-order valence-corrected chi connectivity index (χ4v) is 1.51. The maximum atomic E-state index is 11.6. The number of halogens is 3. The van der Waals surface area contributed by atoms with Crippen LogP contribution >= 0.6 is 0 Å². The van der Waals surface area contributed by atoms with E-state index < -0.39 is 6.36 Å². The molecule has 0 aliphatic carbocycles. The van der Waals surface area contributed by atoms with Crippen molar-refractivity contribution in [1.82, 2.24) is 5.32 Å². The molecule has 1 aliphatic heterocycles. The molecule has 90 valence electrons. The number of alkyl halides is 3. The summed E-state index contributed by atoms with van der Waals surface area (Å²) in [7, 11) is 0. The predicted octanol–water partition coefficient (Wildman–Crippen LogP) is 1.54. The van der Waals surface area contributed by atoms with Crippen LogP contribution < -0.4 is 5.32 Å². The van der Waals surface area contributed by atoms with Gasteiger partial charge in [0.2, 0.25) is 0 Å². The van der Waals surface area contributed by atoms with E-state index in [1.807, 2.05) is 0 Å². The second-order valence-corrected chi connectivity index (χ2v) is 3.58. The lowest BCUT2D eigenvalue weighted by atomic mass is 10.0. The zero-order valence-corrected chi connectivity index (χ0v) is 8.48. The molecule has 0 saturated carbocycles. The molecule has 1 aliphatic rings. The number of hydrogen-bond acceptors (Lipinski definition) is 3. The molecular formula is C9H16F3NO2. The first-order valence-corrected chi connectivity index (χ1v) is 5.07. The normalized spacial score (nSPS) is 23.0. The molecule has 1 unspecified atom stereocenters. The molecule has 0 radical (unpaired) electrons. The molecule has 1 heterocycles. The van der Waals surface area contributed by atoms with Crippen LogP contribution in [0.1, 0.15) is 12.8 Å². The molecular weight excluding hydrogens is 211 g/mol. The van der Waals surface area contributed by atoms with Crippen molar-refractivity contribution in [3.8, 4) is 0 Å². The minimum Gasteiger partial charge on any atom is -0.381 e. The second-order valence-electron chi connectivity index (χ2n) is 3.58. The second kappa shape index (κ2) is 6.30. The van der Waals surface area contributed by atoms with E-state index in [4.69, 9.17) is 4.74 Å². The topological polar surface area (TPSA) is 30.5 Å². The third-order valence-corrected chi connectivity index (χ3v) is 2.23. The largest absolute Gasteiger partial charge is 0.522 e. The SMILES string of the molecule is FC(F)(F)OCCNCC1CCCOC1. The first kappa shape index (κ1) is 12.7.